The van der Waals surface area contributed by atoms with Gasteiger partial charge in [0, 0.05) is 5.56 Å². The molecule has 5 nitrogen and oxygen atoms in total. The normalized spacial score (nSPS) is 9.62. The lowest BCUT2D eigenvalue weighted by Gasteiger charge is -2.02. The molecule has 0 spiro atoms. The Kier molecular flexibility index (Phi) is 4.20. The Morgan fingerprint density at radius 1 is 1.62 bits per heavy atom. The van der Waals surface area contributed by atoms with Gasteiger partial charge < -0.3 is 9.15 Å². The number of carbonyl (C=O) groups excluding carboxylic acids is 1. The third kappa shape index (κ3) is 2.67. The third-order valence-electron chi connectivity index (χ3n) is 2.02. The third-order valence-corrected chi connectivity index (χ3v) is 2.18. The Hall–Kier alpha value is -1.67. The molecule has 0 saturated carbocycles. The number of anilines is 1. The first-order valence-electron chi connectivity index (χ1n) is 4.60. The zero-order valence-corrected chi connectivity index (χ0v) is 9.72. The van der Waals surface area contributed by atoms with E-state index in [0.29, 0.717) is 16.9 Å². The van der Waals surface area contributed by atoms with Crippen molar-refractivity contribution in [1.82, 2.24) is 0 Å². The van der Waals surface area contributed by atoms with Crippen LogP contribution in [0.25, 0.3) is 0 Å². The van der Waals surface area contributed by atoms with Gasteiger partial charge in [-0.15, -0.1) is 11.6 Å². The molecule has 1 aromatic heterocycles. The number of alkyl halides is 1. The van der Waals surface area contributed by atoms with E-state index in [1.165, 1.54) is 0 Å². The molecule has 0 aliphatic rings. The molecule has 0 saturated heterocycles. The molecule has 1 aromatic rings. The second kappa shape index (κ2) is 5.42. The van der Waals surface area contributed by atoms with Crippen molar-refractivity contribution >= 4 is 23.6 Å². The molecule has 1 amide bonds. The minimum atomic E-state index is -0.689. The summed E-state index contributed by atoms with van der Waals surface area (Å²) in [5.74, 6) is 0.913. The summed E-state index contributed by atoms with van der Waals surface area (Å²) < 4.78 is 9.91. The fraction of sp³-hybridized carbons (Fsp3) is 0.400. The predicted octanol–water partition coefficient (Wildman–Crippen LogP) is 2.56. The Bertz CT molecular complexity index is 434. The van der Waals surface area contributed by atoms with Crippen LogP contribution in [0.5, 0.6) is 0 Å². The highest BCUT2D eigenvalue weighted by atomic mass is 35.5. The Labute approximate surface area is 97.9 Å². The number of amides is 1. The van der Waals surface area contributed by atoms with Crippen molar-refractivity contribution in [2.45, 2.75) is 13.8 Å². The Morgan fingerprint density at radius 3 is 2.88 bits per heavy atom. The standard InChI is InChI=1S/C10H11ClN2O3/c1-6-7(2)16-9(8(6)5-12)13-10(14)15-4-3-11/h3-4H2,1-2H3,(H,13,14). The van der Waals surface area contributed by atoms with Gasteiger partial charge in [-0.3, -0.25) is 5.32 Å². The van der Waals surface area contributed by atoms with Crippen molar-refractivity contribution in [2.24, 2.45) is 0 Å². The maximum absolute atomic E-state index is 11.2. The zero-order valence-electron chi connectivity index (χ0n) is 8.96. The van der Waals surface area contributed by atoms with E-state index in [1.54, 1.807) is 13.8 Å². The average Bonchev–Trinajstić information content (AvgIpc) is 2.51. The van der Waals surface area contributed by atoms with Crippen LogP contribution in [0.2, 0.25) is 0 Å². The maximum Gasteiger partial charge on any atom is 0.414 e. The van der Waals surface area contributed by atoms with Gasteiger partial charge >= 0.3 is 6.09 Å². The molecule has 0 aromatic carbocycles. The zero-order chi connectivity index (χ0) is 12.1. The summed E-state index contributed by atoms with van der Waals surface area (Å²) in [5, 5.41) is 11.2. The van der Waals surface area contributed by atoms with Gasteiger partial charge in [0.25, 0.3) is 0 Å². The maximum atomic E-state index is 11.2. The summed E-state index contributed by atoms with van der Waals surface area (Å²) >= 11 is 5.36. The number of ether oxygens (including phenoxy) is 1. The second-order valence-corrected chi connectivity index (χ2v) is 3.43. The van der Waals surface area contributed by atoms with Gasteiger partial charge in [0.1, 0.15) is 24.0 Å². The lowest BCUT2D eigenvalue weighted by molar-refractivity contribution is 0.168. The topological polar surface area (TPSA) is 75.3 Å². The number of nitrogens with zero attached hydrogens (tertiary/aromatic N) is 1. The number of nitrogens with one attached hydrogen (secondary N) is 1. The number of rotatable bonds is 3. The molecule has 0 bridgehead atoms. The second-order valence-electron chi connectivity index (χ2n) is 3.05. The van der Waals surface area contributed by atoms with Crippen LogP contribution >= 0.6 is 11.6 Å². The van der Waals surface area contributed by atoms with Crippen molar-refractivity contribution in [3.63, 3.8) is 0 Å². The van der Waals surface area contributed by atoms with Crippen molar-refractivity contribution in [1.29, 1.82) is 5.26 Å². The predicted molar refractivity (Wildman–Crippen MR) is 58.6 cm³/mol. The Balaban J connectivity index is 2.78. The minimum absolute atomic E-state index is 0.105. The van der Waals surface area contributed by atoms with Gasteiger partial charge in [-0.1, -0.05) is 0 Å². The van der Waals surface area contributed by atoms with Gasteiger partial charge in [0.2, 0.25) is 5.88 Å². The summed E-state index contributed by atoms with van der Waals surface area (Å²) in [5.41, 5.74) is 1.01. The van der Waals surface area contributed by atoms with Crippen molar-refractivity contribution < 1.29 is 13.9 Å². The van der Waals surface area contributed by atoms with Crippen LogP contribution in [0.15, 0.2) is 4.42 Å². The summed E-state index contributed by atoms with van der Waals surface area (Å²) in [6, 6.07) is 1.96. The van der Waals surface area contributed by atoms with E-state index >= 15 is 0 Å². The van der Waals surface area contributed by atoms with Crippen LogP contribution in [-0.2, 0) is 4.74 Å². The largest absolute Gasteiger partial charge is 0.448 e. The first-order valence-corrected chi connectivity index (χ1v) is 5.13. The van der Waals surface area contributed by atoms with Crippen LogP contribution in [-0.4, -0.2) is 18.6 Å². The van der Waals surface area contributed by atoms with E-state index in [0.717, 1.165) is 0 Å². The van der Waals surface area contributed by atoms with Crippen molar-refractivity contribution in [3.8, 4) is 6.07 Å². The number of nitriles is 1. The van der Waals surface area contributed by atoms with Crippen LogP contribution in [0.3, 0.4) is 0 Å². The van der Waals surface area contributed by atoms with Gasteiger partial charge in [-0.05, 0) is 13.8 Å². The molecule has 0 aliphatic heterocycles. The summed E-state index contributed by atoms with van der Waals surface area (Å²) in [6.07, 6.45) is -0.689. The number of hydrogen-bond acceptors (Lipinski definition) is 4. The minimum Gasteiger partial charge on any atom is -0.448 e. The molecular formula is C10H11ClN2O3. The first-order chi connectivity index (χ1) is 7.60. The monoisotopic (exact) mass is 242 g/mol. The first kappa shape index (κ1) is 12.4. The van der Waals surface area contributed by atoms with E-state index in [-0.39, 0.29) is 18.4 Å². The smallest absolute Gasteiger partial charge is 0.414 e. The molecule has 0 aliphatic carbocycles. The highest BCUT2D eigenvalue weighted by Crippen LogP contribution is 2.25. The van der Waals surface area contributed by atoms with Crippen molar-refractivity contribution in [3.05, 3.63) is 16.9 Å². The molecule has 16 heavy (non-hydrogen) atoms. The number of halogens is 1. The van der Waals surface area contributed by atoms with Crippen LogP contribution in [0, 0.1) is 25.2 Å². The highest BCUT2D eigenvalue weighted by Gasteiger charge is 2.16. The average molecular weight is 243 g/mol. The number of furan rings is 1. The quantitative estimate of drug-likeness (QED) is 0.827. The fourth-order valence-corrected chi connectivity index (χ4v) is 1.19. The van der Waals surface area contributed by atoms with E-state index in [9.17, 15) is 4.79 Å². The molecule has 0 radical (unpaired) electrons. The number of aryl methyl sites for hydroxylation is 1. The molecule has 0 unspecified atom stereocenters. The van der Waals surface area contributed by atoms with Gasteiger partial charge in [-0.2, -0.15) is 5.26 Å². The lowest BCUT2D eigenvalue weighted by Crippen LogP contribution is -2.15. The van der Waals surface area contributed by atoms with Gasteiger partial charge in [-0.25, -0.2) is 4.79 Å². The lowest BCUT2D eigenvalue weighted by atomic mass is 10.2. The Morgan fingerprint density at radius 2 is 2.31 bits per heavy atom. The molecule has 1 rings (SSSR count). The van der Waals surface area contributed by atoms with E-state index in [4.69, 9.17) is 26.0 Å². The molecule has 86 valence electrons. The van der Waals surface area contributed by atoms with Crippen LogP contribution in [0.1, 0.15) is 16.9 Å². The summed E-state index contributed by atoms with van der Waals surface area (Å²) in [6.45, 7) is 3.56. The molecule has 0 atom stereocenters. The van der Waals surface area contributed by atoms with Crippen LogP contribution < -0.4 is 5.32 Å². The van der Waals surface area contributed by atoms with Gasteiger partial charge in [0.15, 0.2) is 0 Å². The summed E-state index contributed by atoms with van der Waals surface area (Å²) in [4.78, 5) is 11.2. The fourth-order valence-electron chi connectivity index (χ4n) is 1.11. The summed E-state index contributed by atoms with van der Waals surface area (Å²) in [7, 11) is 0. The van der Waals surface area contributed by atoms with Gasteiger partial charge in [0.05, 0.1) is 5.88 Å². The van der Waals surface area contributed by atoms with E-state index < -0.39 is 6.09 Å². The van der Waals surface area contributed by atoms with E-state index in [1.807, 2.05) is 6.07 Å². The molecule has 1 heterocycles. The number of carbonyl (C=O) groups is 1. The molecular weight excluding hydrogens is 232 g/mol. The molecule has 1 N–H and O–H groups in total. The molecule has 0 fully saturated rings. The van der Waals surface area contributed by atoms with Crippen molar-refractivity contribution in [2.75, 3.05) is 17.8 Å². The SMILES string of the molecule is Cc1oc(NC(=O)OCCCl)c(C#N)c1C. The molecule has 6 heteroatoms. The van der Waals surface area contributed by atoms with E-state index in [2.05, 4.69) is 5.32 Å². The van der Waals surface area contributed by atoms with Crippen LogP contribution in [0.4, 0.5) is 10.7 Å². The number of hydrogen-bond donors (Lipinski definition) is 1. The highest BCUT2D eigenvalue weighted by molar-refractivity contribution is 6.18.